The zero-order chi connectivity index (χ0) is 9.56. The quantitative estimate of drug-likeness (QED) is 0.462. The molecule has 0 aliphatic heterocycles. The van der Waals surface area contributed by atoms with Crippen molar-refractivity contribution in [3.05, 3.63) is 0 Å². The Hall–Kier alpha value is -1.04. The number of thioether (sulfide) groups is 1. The van der Waals surface area contributed by atoms with Crippen molar-refractivity contribution in [3.8, 4) is 0 Å². The lowest BCUT2D eigenvalue weighted by Crippen LogP contribution is -2.23. The molecule has 0 aromatic carbocycles. The molecule has 12 heavy (non-hydrogen) atoms. The van der Waals surface area contributed by atoms with Crippen molar-refractivity contribution in [3.63, 3.8) is 0 Å². The van der Waals surface area contributed by atoms with Crippen LogP contribution in [0.3, 0.4) is 0 Å². The van der Waals surface area contributed by atoms with Crippen molar-refractivity contribution >= 4 is 28.8 Å². The first kappa shape index (κ1) is 11.0. The molecule has 0 saturated heterocycles. The maximum atomic E-state index is 10.4. The second-order valence-electron chi connectivity index (χ2n) is 1.92. The fourth-order valence-corrected chi connectivity index (χ4v) is 0.946. The summed E-state index contributed by atoms with van der Waals surface area (Å²) in [5.41, 5.74) is 0. The molecule has 0 atom stereocenters. The van der Waals surface area contributed by atoms with E-state index in [1.54, 1.807) is 0 Å². The Bertz CT molecular complexity index is 204. The largest absolute Gasteiger partial charge is 0.475 e. The van der Waals surface area contributed by atoms with Crippen molar-refractivity contribution < 1.29 is 19.5 Å². The van der Waals surface area contributed by atoms with Crippen LogP contribution in [-0.2, 0) is 14.4 Å². The van der Waals surface area contributed by atoms with Crippen LogP contribution >= 0.6 is 11.8 Å². The van der Waals surface area contributed by atoms with E-state index in [1.807, 2.05) is 0 Å². The topological polar surface area (TPSA) is 83.5 Å². The standard InChI is InChI=1S/C6H9NO4S/c1-4(8)7-2-3-12-6(11)5(9)10/h2-3H2,1H3,(H,7,8)(H,9,10). The van der Waals surface area contributed by atoms with E-state index < -0.39 is 11.1 Å². The molecule has 0 fully saturated rings. The minimum atomic E-state index is -1.46. The normalized spacial score (nSPS) is 9.08. The van der Waals surface area contributed by atoms with Gasteiger partial charge in [-0.1, -0.05) is 11.8 Å². The number of nitrogens with one attached hydrogen (secondary N) is 1. The molecule has 1 amide bonds. The van der Waals surface area contributed by atoms with Gasteiger partial charge in [-0.2, -0.15) is 0 Å². The molecule has 0 rings (SSSR count). The molecule has 0 bridgehead atoms. The summed E-state index contributed by atoms with van der Waals surface area (Å²) < 4.78 is 0. The highest BCUT2D eigenvalue weighted by Gasteiger charge is 2.10. The van der Waals surface area contributed by atoms with Gasteiger partial charge < -0.3 is 10.4 Å². The van der Waals surface area contributed by atoms with E-state index in [-0.39, 0.29) is 11.7 Å². The molecule has 0 aromatic heterocycles. The summed E-state index contributed by atoms with van der Waals surface area (Å²) >= 11 is 0.673. The zero-order valence-electron chi connectivity index (χ0n) is 6.49. The van der Waals surface area contributed by atoms with E-state index in [0.29, 0.717) is 18.3 Å². The molecular weight excluding hydrogens is 182 g/mol. The fourth-order valence-electron chi connectivity index (χ4n) is 0.433. The molecule has 0 aromatic rings. The van der Waals surface area contributed by atoms with Crippen LogP contribution in [-0.4, -0.2) is 34.4 Å². The van der Waals surface area contributed by atoms with Crippen molar-refractivity contribution in [1.82, 2.24) is 5.32 Å². The lowest BCUT2D eigenvalue weighted by atomic mass is 10.6. The summed E-state index contributed by atoms with van der Waals surface area (Å²) in [6.07, 6.45) is 0. The van der Waals surface area contributed by atoms with Gasteiger partial charge in [0.2, 0.25) is 5.91 Å². The van der Waals surface area contributed by atoms with Gasteiger partial charge in [0.15, 0.2) is 0 Å². The maximum absolute atomic E-state index is 10.4. The number of carbonyl (C=O) groups excluding carboxylic acids is 2. The number of carbonyl (C=O) groups is 3. The predicted molar refractivity (Wildman–Crippen MR) is 43.8 cm³/mol. The maximum Gasteiger partial charge on any atom is 0.383 e. The number of carboxylic acids is 1. The summed E-state index contributed by atoms with van der Waals surface area (Å²) in [5, 5.41) is 9.67. The minimum Gasteiger partial charge on any atom is -0.475 e. The Morgan fingerprint density at radius 3 is 2.42 bits per heavy atom. The number of hydrogen-bond donors (Lipinski definition) is 2. The van der Waals surface area contributed by atoms with Gasteiger partial charge in [-0.15, -0.1) is 0 Å². The molecule has 2 N–H and O–H groups in total. The molecule has 0 heterocycles. The Morgan fingerprint density at radius 2 is 2.00 bits per heavy atom. The van der Waals surface area contributed by atoms with Crippen LogP contribution in [0.15, 0.2) is 0 Å². The molecule has 0 unspecified atom stereocenters. The molecule has 0 aliphatic rings. The smallest absolute Gasteiger partial charge is 0.383 e. The summed E-state index contributed by atoms with van der Waals surface area (Å²) in [6, 6.07) is 0. The van der Waals surface area contributed by atoms with Gasteiger partial charge >= 0.3 is 5.97 Å². The number of amides is 1. The SMILES string of the molecule is CC(=O)NCCSC(=O)C(=O)O. The van der Waals surface area contributed by atoms with Crippen LogP contribution in [0.5, 0.6) is 0 Å². The molecule has 0 radical (unpaired) electrons. The van der Waals surface area contributed by atoms with Crippen molar-refractivity contribution in [1.29, 1.82) is 0 Å². The fraction of sp³-hybridized carbons (Fsp3) is 0.500. The number of hydrogen-bond acceptors (Lipinski definition) is 4. The lowest BCUT2D eigenvalue weighted by molar-refractivity contribution is -0.144. The molecule has 0 saturated carbocycles. The highest BCUT2D eigenvalue weighted by Crippen LogP contribution is 1.99. The second kappa shape index (κ2) is 5.59. The third kappa shape index (κ3) is 5.72. The first-order chi connectivity index (χ1) is 5.54. The molecule has 5 nitrogen and oxygen atoms in total. The average molecular weight is 191 g/mol. The molecule has 68 valence electrons. The van der Waals surface area contributed by atoms with E-state index in [9.17, 15) is 14.4 Å². The summed E-state index contributed by atoms with van der Waals surface area (Å²) in [5.74, 6) is -1.37. The Labute approximate surface area is 73.5 Å². The van der Waals surface area contributed by atoms with E-state index in [4.69, 9.17) is 5.11 Å². The molecular formula is C6H9NO4S. The molecule has 6 heteroatoms. The van der Waals surface area contributed by atoms with Crippen molar-refractivity contribution in [2.24, 2.45) is 0 Å². The minimum absolute atomic E-state index is 0.196. The number of carboxylic acid groups (broad SMARTS) is 1. The van der Waals surface area contributed by atoms with Crippen LogP contribution in [0.2, 0.25) is 0 Å². The van der Waals surface area contributed by atoms with Crippen LogP contribution in [0, 0.1) is 0 Å². The van der Waals surface area contributed by atoms with Crippen LogP contribution in [0.25, 0.3) is 0 Å². The highest BCUT2D eigenvalue weighted by atomic mass is 32.2. The lowest BCUT2D eigenvalue weighted by Gasteiger charge is -1.98. The predicted octanol–water partition coefficient (Wildman–Crippen LogP) is -0.533. The summed E-state index contributed by atoms with van der Waals surface area (Å²) in [7, 11) is 0. The summed E-state index contributed by atoms with van der Waals surface area (Å²) in [6.45, 7) is 1.66. The van der Waals surface area contributed by atoms with Gasteiger partial charge in [-0.3, -0.25) is 9.59 Å². The Morgan fingerprint density at radius 1 is 1.42 bits per heavy atom. The first-order valence-corrected chi connectivity index (χ1v) is 4.17. The van der Waals surface area contributed by atoms with Crippen LogP contribution in [0.4, 0.5) is 0 Å². The average Bonchev–Trinajstić information content (AvgIpc) is 1.97. The van der Waals surface area contributed by atoms with Crippen molar-refractivity contribution in [2.45, 2.75) is 6.92 Å². The van der Waals surface area contributed by atoms with Crippen LogP contribution < -0.4 is 5.32 Å². The van der Waals surface area contributed by atoms with Gasteiger partial charge in [-0.25, -0.2) is 4.79 Å². The van der Waals surface area contributed by atoms with E-state index >= 15 is 0 Å². The van der Waals surface area contributed by atoms with E-state index in [1.165, 1.54) is 6.92 Å². The third-order valence-electron chi connectivity index (χ3n) is 0.884. The van der Waals surface area contributed by atoms with Gasteiger partial charge in [0.1, 0.15) is 0 Å². The first-order valence-electron chi connectivity index (χ1n) is 3.18. The van der Waals surface area contributed by atoms with E-state index in [0.717, 1.165) is 0 Å². The van der Waals surface area contributed by atoms with Crippen molar-refractivity contribution in [2.75, 3.05) is 12.3 Å². The number of rotatable bonds is 3. The highest BCUT2D eigenvalue weighted by molar-refractivity contribution is 8.15. The van der Waals surface area contributed by atoms with E-state index in [2.05, 4.69) is 5.32 Å². The second-order valence-corrected chi connectivity index (χ2v) is 2.99. The van der Waals surface area contributed by atoms with Gasteiger partial charge in [0, 0.05) is 19.2 Å². The molecule has 0 aliphatic carbocycles. The van der Waals surface area contributed by atoms with Crippen LogP contribution in [0.1, 0.15) is 6.92 Å². The number of aliphatic carboxylic acids is 1. The third-order valence-corrected chi connectivity index (χ3v) is 1.73. The Kier molecular flexibility index (Phi) is 5.11. The summed E-state index contributed by atoms with van der Waals surface area (Å²) in [4.78, 5) is 30.7. The Balaban J connectivity index is 3.38. The van der Waals surface area contributed by atoms with Gasteiger partial charge in [0.25, 0.3) is 5.12 Å². The van der Waals surface area contributed by atoms with Gasteiger partial charge in [-0.05, 0) is 0 Å². The monoisotopic (exact) mass is 191 g/mol. The van der Waals surface area contributed by atoms with Gasteiger partial charge in [0.05, 0.1) is 0 Å². The molecule has 0 spiro atoms. The zero-order valence-corrected chi connectivity index (χ0v) is 7.31.